The quantitative estimate of drug-likeness (QED) is 0.586. The molecule has 0 aliphatic carbocycles. The van der Waals surface area contributed by atoms with Gasteiger partial charge in [0.25, 0.3) is 0 Å². The molecular weight excluding hydrogens is 442 g/mol. The van der Waals surface area contributed by atoms with E-state index >= 15 is 0 Å². The monoisotopic (exact) mass is 479 g/mol. The minimum atomic E-state index is 0.497. The Labute approximate surface area is 208 Å². The lowest BCUT2D eigenvalue weighted by Gasteiger charge is -2.35. The second kappa shape index (κ2) is 10.8. The predicted molar refractivity (Wildman–Crippen MR) is 145 cm³/mol. The second-order valence-corrected chi connectivity index (χ2v) is 10.2. The molecule has 8 heteroatoms. The van der Waals surface area contributed by atoms with Gasteiger partial charge >= 0.3 is 0 Å². The lowest BCUT2D eigenvalue weighted by atomic mass is 10.0. The van der Waals surface area contributed by atoms with Crippen molar-refractivity contribution in [1.29, 1.82) is 0 Å². The maximum absolute atomic E-state index is 5.61. The van der Waals surface area contributed by atoms with Crippen LogP contribution in [0.3, 0.4) is 0 Å². The summed E-state index contributed by atoms with van der Waals surface area (Å²) in [5, 5.41) is 7.15. The van der Waals surface area contributed by atoms with Gasteiger partial charge in [-0.2, -0.15) is 9.97 Å². The molecule has 7 nitrogen and oxygen atoms in total. The molecule has 4 heterocycles. The molecule has 0 radical (unpaired) electrons. The molecule has 2 N–H and O–H groups in total. The first kappa shape index (κ1) is 23.1. The van der Waals surface area contributed by atoms with Crippen LogP contribution in [-0.2, 0) is 6.54 Å². The molecule has 0 spiro atoms. The summed E-state index contributed by atoms with van der Waals surface area (Å²) in [6.07, 6.45) is 8.75. The van der Waals surface area contributed by atoms with Gasteiger partial charge in [-0.05, 0) is 81.8 Å². The lowest BCUT2D eigenvalue weighted by Crippen LogP contribution is -2.38. The number of nitrogens with one attached hydrogen (secondary N) is 2. The minimum absolute atomic E-state index is 0.497. The number of piperidine rings is 1. The van der Waals surface area contributed by atoms with Crippen molar-refractivity contribution in [2.24, 2.45) is 0 Å². The number of benzene rings is 1. The van der Waals surface area contributed by atoms with Gasteiger partial charge in [0, 0.05) is 57.1 Å². The maximum Gasteiger partial charge on any atom is 0.232 e. The summed E-state index contributed by atoms with van der Waals surface area (Å²) >= 11 is 5.61. The van der Waals surface area contributed by atoms with Crippen LogP contribution in [0.15, 0.2) is 30.3 Å². The number of aromatic nitrogens is 2. The molecule has 3 aliphatic heterocycles. The van der Waals surface area contributed by atoms with Crippen LogP contribution >= 0.6 is 12.2 Å². The summed E-state index contributed by atoms with van der Waals surface area (Å²) < 4.78 is 0. The number of nitrogens with zero attached hydrogens (tertiary/aromatic N) is 5. The van der Waals surface area contributed by atoms with E-state index in [1.54, 1.807) is 0 Å². The Morgan fingerprint density at radius 1 is 0.882 bits per heavy atom. The molecule has 182 valence electrons. The molecule has 0 amide bonds. The van der Waals surface area contributed by atoms with E-state index in [0.717, 1.165) is 31.3 Å². The van der Waals surface area contributed by atoms with Crippen LogP contribution in [-0.4, -0.2) is 53.8 Å². The summed E-state index contributed by atoms with van der Waals surface area (Å²) in [6, 6.07) is 11.5. The van der Waals surface area contributed by atoms with E-state index in [-0.39, 0.29) is 0 Å². The molecule has 5 rings (SSSR count). The Kier molecular flexibility index (Phi) is 7.33. The van der Waals surface area contributed by atoms with E-state index in [4.69, 9.17) is 22.2 Å². The van der Waals surface area contributed by atoms with Gasteiger partial charge in [0.2, 0.25) is 5.95 Å². The van der Waals surface area contributed by atoms with E-state index in [1.165, 1.54) is 69.3 Å². The number of hydrogen-bond acceptors (Lipinski definition) is 6. The zero-order chi connectivity index (χ0) is 23.3. The number of thiocarbonyl (C=S) groups is 1. The Hall–Kier alpha value is -2.61. The van der Waals surface area contributed by atoms with Crippen molar-refractivity contribution in [3.63, 3.8) is 0 Å². The summed E-state index contributed by atoms with van der Waals surface area (Å²) in [7, 11) is 0. The van der Waals surface area contributed by atoms with E-state index in [0.29, 0.717) is 23.6 Å². The Morgan fingerprint density at radius 2 is 1.53 bits per heavy atom. The van der Waals surface area contributed by atoms with Gasteiger partial charge in [0.15, 0.2) is 5.11 Å². The lowest BCUT2D eigenvalue weighted by molar-refractivity contribution is 0.481. The highest BCUT2D eigenvalue weighted by atomic mass is 32.1. The molecule has 1 aromatic carbocycles. The van der Waals surface area contributed by atoms with E-state index in [9.17, 15) is 0 Å². The number of hydrogen-bond donors (Lipinski definition) is 2. The van der Waals surface area contributed by atoms with Crippen molar-refractivity contribution in [3.05, 3.63) is 35.9 Å². The third-order valence-corrected chi connectivity index (χ3v) is 7.56. The third-order valence-electron chi connectivity index (χ3n) is 7.31. The van der Waals surface area contributed by atoms with Gasteiger partial charge in [-0.3, -0.25) is 0 Å². The van der Waals surface area contributed by atoms with Crippen LogP contribution in [0.4, 0.5) is 23.3 Å². The van der Waals surface area contributed by atoms with Gasteiger partial charge in [-0.1, -0.05) is 12.1 Å². The van der Waals surface area contributed by atoms with Crippen LogP contribution in [0.5, 0.6) is 0 Å². The Balaban J connectivity index is 1.24. The summed E-state index contributed by atoms with van der Waals surface area (Å²) in [4.78, 5) is 16.9. The standard InChI is InChI=1S/C26H37N7S/c1-20-8-2-3-17-33(20)24-18-23(32-15-6-7-16-32)28-25(29-24)30-26(34)27-19-21-9-11-22(12-10-21)31-13-4-5-14-31/h9-12,18,20H,2-8,13-17,19H2,1H3,(H2,27,28,29,30,34)/t20-/m0/s1. The fourth-order valence-corrected chi connectivity index (χ4v) is 5.46. The molecular formula is C26H37N7S. The average molecular weight is 480 g/mol. The molecule has 3 saturated heterocycles. The van der Waals surface area contributed by atoms with Gasteiger partial charge in [0.05, 0.1) is 0 Å². The molecule has 0 bridgehead atoms. The van der Waals surface area contributed by atoms with Crippen molar-refractivity contribution in [2.45, 2.75) is 64.5 Å². The Morgan fingerprint density at radius 3 is 2.24 bits per heavy atom. The summed E-state index contributed by atoms with van der Waals surface area (Å²) in [5.74, 6) is 2.59. The zero-order valence-corrected chi connectivity index (χ0v) is 21.1. The largest absolute Gasteiger partial charge is 0.372 e. The second-order valence-electron chi connectivity index (χ2n) is 9.81. The van der Waals surface area contributed by atoms with Gasteiger partial charge < -0.3 is 25.3 Å². The van der Waals surface area contributed by atoms with Crippen molar-refractivity contribution in [1.82, 2.24) is 15.3 Å². The first-order valence-corrected chi connectivity index (χ1v) is 13.4. The Bertz CT molecular complexity index is 968. The highest BCUT2D eigenvalue weighted by Gasteiger charge is 2.23. The average Bonchev–Trinajstić information content (AvgIpc) is 3.58. The first-order chi connectivity index (χ1) is 16.7. The molecule has 1 aromatic heterocycles. The van der Waals surface area contributed by atoms with Crippen molar-refractivity contribution >= 4 is 40.6 Å². The molecule has 1 atom stereocenters. The van der Waals surface area contributed by atoms with Crippen LogP contribution < -0.4 is 25.3 Å². The smallest absolute Gasteiger partial charge is 0.232 e. The van der Waals surface area contributed by atoms with Crippen LogP contribution in [0, 0.1) is 0 Å². The molecule has 3 aliphatic rings. The topological polar surface area (TPSA) is 59.6 Å². The van der Waals surface area contributed by atoms with Crippen molar-refractivity contribution in [2.75, 3.05) is 52.7 Å². The fourth-order valence-electron chi connectivity index (χ4n) is 5.30. The van der Waals surface area contributed by atoms with Gasteiger partial charge in [-0.25, -0.2) is 0 Å². The minimum Gasteiger partial charge on any atom is -0.372 e. The van der Waals surface area contributed by atoms with E-state index in [1.807, 2.05) is 0 Å². The first-order valence-electron chi connectivity index (χ1n) is 13.0. The number of anilines is 4. The van der Waals surface area contributed by atoms with Crippen LogP contribution in [0.25, 0.3) is 0 Å². The summed E-state index contributed by atoms with van der Waals surface area (Å²) in [6.45, 7) is 8.47. The SMILES string of the molecule is C[C@H]1CCCCN1c1cc(N2CCCC2)nc(NC(=S)NCc2ccc(N3CCCC3)cc2)n1. The van der Waals surface area contributed by atoms with Crippen molar-refractivity contribution < 1.29 is 0 Å². The van der Waals surface area contributed by atoms with Crippen LogP contribution in [0.2, 0.25) is 0 Å². The van der Waals surface area contributed by atoms with Gasteiger partial charge in [0.1, 0.15) is 11.6 Å². The van der Waals surface area contributed by atoms with Crippen LogP contribution in [0.1, 0.15) is 57.4 Å². The zero-order valence-electron chi connectivity index (χ0n) is 20.3. The highest BCUT2D eigenvalue weighted by Crippen LogP contribution is 2.28. The van der Waals surface area contributed by atoms with Crippen molar-refractivity contribution in [3.8, 4) is 0 Å². The highest BCUT2D eigenvalue weighted by molar-refractivity contribution is 7.80. The number of rotatable bonds is 6. The maximum atomic E-state index is 5.61. The fraction of sp³-hybridized carbons (Fsp3) is 0.577. The normalized spacial score (nSPS) is 20.6. The predicted octanol–water partition coefficient (Wildman–Crippen LogP) is 4.54. The molecule has 0 unspecified atom stereocenters. The molecule has 2 aromatic rings. The van der Waals surface area contributed by atoms with Gasteiger partial charge in [-0.15, -0.1) is 0 Å². The summed E-state index contributed by atoms with van der Waals surface area (Å²) in [5.41, 5.74) is 2.52. The van der Waals surface area contributed by atoms with E-state index < -0.39 is 0 Å². The molecule has 3 fully saturated rings. The third kappa shape index (κ3) is 5.54. The molecule has 0 saturated carbocycles. The molecule has 34 heavy (non-hydrogen) atoms. The van der Waals surface area contributed by atoms with E-state index in [2.05, 4.69) is 62.6 Å².